The Morgan fingerprint density at radius 2 is 2.14 bits per heavy atom. The van der Waals surface area contributed by atoms with Crippen molar-refractivity contribution in [2.24, 2.45) is 0 Å². The molecule has 1 heterocycles. The third-order valence-electron chi connectivity index (χ3n) is 2.94. The van der Waals surface area contributed by atoms with Gasteiger partial charge in [-0.1, -0.05) is 30.3 Å². The summed E-state index contributed by atoms with van der Waals surface area (Å²) in [5.74, 6) is 0.223. The number of anilines is 1. The van der Waals surface area contributed by atoms with Crippen LogP contribution < -0.4 is 5.32 Å². The summed E-state index contributed by atoms with van der Waals surface area (Å²) in [5.41, 5.74) is 0.916. The van der Waals surface area contributed by atoms with Crippen molar-refractivity contribution < 1.29 is 9.66 Å². The number of methoxy groups -OCH3 is 1. The molecule has 6 nitrogen and oxygen atoms in total. The SMILES string of the molecule is COC(CNc1ncc(Br)cc1[N+](=O)[O-])c1ccccc1. The van der Waals surface area contributed by atoms with Gasteiger partial charge in [-0.15, -0.1) is 0 Å². The molecule has 0 saturated heterocycles. The minimum atomic E-state index is -0.468. The lowest BCUT2D eigenvalue weighted by Crippen LogP contribution is -2.16. The van der Waals surface area contributed by atoms with E-state index in [1.54, 1.807) is 7.11 Å². The standard InChI is InChI=1S/C14H14BrN3O3/c1-21-13(10-5-3-2-4-6-10)9-17-14-12(18(19)20)7-11(15)8-16-14/h2-8,13H,9H2,1H3,(H,16,17). The smallest absolute Gasteiger partial charge is 0.312 e. The van der Waals surface area contributed by atoms with Crippen molar-refractivity contribution in [1.29, 1.82) is 0 Å². The maximum Gasteiger partial charge on any atom is 0.312 e. The number of aromatic nitrogens is 1. The molecule has 7 heteroatoms. The highest BCUT2D eigenvalue weighted by Crippen LogP contribution is 2.26. The molecule has 21 heavy (non-hydrogen) atoms. The quantitative estimate of drug-likeness (QED) is 0.635. The molecule has 110 valence electrons. The molecule has 2 aromatic rings. The van der Waals surface area contributed by atoms with Crippen molar-refractivity contribution in [2.75, 3.05) is 19.0 Å². The lowest BCUT2D eigenvalue weighted by molar-refractivity contribution is -0.384. The molecule has 0 aliphatic heterocycles. The van der Waals surface area contributed by atoms with Crippen molar-refractivity contribution >= 4 is 27.4 Å². The van der Waals surface area contributed by atoms with Crippen molar-refractivity contribution in [3.8, 4) is 0 Å². The average Bonchev–Trinajstić information content (AvgIpc) is 2.50. The van der Waals surface area contributed by atoms with Gasteiger partial charge >= 0.3 is 5.69 Å². The number of ether oxygens (including phenoxy) is 1. The van der Waals surface area contributed by atoms with Crippen LogP contribution >= 0.6 is 15.9 Å². The zero-order chi connectivity index (χ0) is 15.2. The van der Waals surface area contributed by atoms with Crippen molar-refractivity contribution in [3.63, 3.8) is 0 Å². The van der Waals surface area contributed by atoms with Crippen molar-refractivity contribution in [3.05, 3.63) is 62.7 Å². The van der Waals surface area contributed by atoms with Gasteiger partial charge in [0.05, 0.1) is 11.0 Å². The lowest BCUT2D eigenvalue weighted by Gasteiger charge is -2.16. The Morgan fingerprint density at radius 1 is 1.43 bits per heavy atom. The van der Waals surface area contributed by atoms with Gasteiger partial charge in [-0.2, -0.15) is 0 Å². The third-order valence-corrected chi connectivity index (χ3v) is 3.38. The molecule has 0 fully saturated rings. The van der Waals surface area contributed by atoms with E-state index in [0.717, 1.165) is 5.56 Å². The molecular formula is C14H14BrN3O3. The number of rotatable bonds is 6. The summed E-state index contributed by atoms with van der Waals surface area (Å²) in [5, 5.41) is 14.0. The van der Waals surface area contributed by atoms with Gasteiger partial charge in [0.2, 0.25) is 5.82 Å². The summed E-state index contributed by atoms with van der Waals surface area (Å²) in [6.07, 6.45) is 1.30. The summed E-state index contributed by atoms with van der Waals surface area (Å²) in [4.78, 5) is 14.6. The summed E-state index contributed by atoms with van der Waals surface area (Å²) in [7, 11) is 1.60. The monoisotopic (exact) mass is 351 g/mol. The molecule has 1 aromatic heterocycles. The van der Waals surface area contributed by atoms with E-state index in [0.29, 0.717) is 11.0 Å². The molecule has 0 saturated carbocycles. The minimum absolute atomic E-state index is 0.0766. The minimum Gasteiger partial charge on any atom is -0.375 e. The van der Waals surface area contributed by atoms with E-state index in [1.807, 2.05) is 30.3 Å². The van der Waals surface area contributed by atoms with E-state index in [-0.39, 0.29) is 17.6 Å². The molecule has 1 N–H and O–H groups in total. The highest BCUT2D eigenvalue weighted by Gasteiger charge is 2.17. The first kappa shape index (κ1) is 15.4. The molecule has 0 spiro atoms. The molecule has 0 bridgehead atoms. The third kappa shape index (κ3) is 3.99. The van der Waals surface area contributed by atoms with Gasteiger partial charge in [-0.25, -0.2) is 4.98 Å². The molecule has 1 atom stereocenters. The van der Waals surface area contributed by atoms with E-state index in [1.165, 1.54) is 12.3 Å². The number of hydrogen-bond donors (Lipinski definition) is 1. The fourth-order valence-electron chi connectivity index (χ4n) is 1.90. The zero-order valence-electron chi connectivity index (χ0n) is 11.3. The molecule has 0 radical (unpaired) electrons. The maximum absolute atomic E-state index is 11.0. The van der Waals surface area contributed by atoms with Gasteiger partial charge in [0, 0.05) is 30.4 Å². The molecule has 1 unspecified atom stereocenters. The molecule has 0 aliphatic carbocycles. The Bertz CT molecular complexity index is 622. The second-order valence-electron chi connectivity index (χ2n) is 4.29. The lowest BCUT2D eigenvalue weighted by atomic mass is 10.1. The van der Waals surface area contributed by atoms with Crippen LogP contribution in [-0.2, 0) is 4.74 Å². The van der Waals surface area contributed by atoms with Crippen molar-refractivity contribution in [1.82, 2.24) is 4.98 Å². The Kier molecular flexibility index (Phi) is 5.24. The van der Waals surface area contributed by atoms with Crippen LogP contribution in [0, 0.1) is 10.1 Å². The van der Waals surface area contributed by atoms with Gasteiger partial charge in [-0.3, -0.25) is 10.1 Å². The summed E-state index contributed by atoms with van der Waals surface area (Å²) >= 11 is 3.18. The molecule has 2 rings (SSSR count). The van der Waals surface area contributed by atoms with Crippen LogP contribution in [0.3, 0.4) is 0 Å². The number of halogens is 1. The number of nitrogens with zero attached hydrogens (tertiary/aromatic N) is 2. The molecule has 0 aliphatic rings. The van der Waals surface area contributed by atoms with Crippen LogP contribution in [0.15, 0.2) is 47.1 Å². The van der Waals surface area contributed by atoms with E-state index in [2.05, 4.69) is 26.2 Å². The highest BCUT2D eigenvalue weighted by molar-refractivity contribution is 9.10. The molecule has 1 aromatic carbocycles. The second kappa shape index (κ2) is 7.14. The largest absolute Gasteiger partial charge is 0.375 e. The van der Waals surface area contributed by atoms with Gasteiger partial charge < -0.3 is 10.1 Å². The Balaban J connectivity index is 2.14. The maximum atomic E-state index is 11.0. The molecule has 0 amide bonds. The predicted octanol–water partition coefficient (Wildman–Crippen LogP) is 3.55. The van der Waals surface area contributed by atoms with Gasteiger partial charge in [0.25, 0.3) is 0 Å². The number of pyridine rings is 1. The predicted molar refractivity (Wildman–Crippen MR) is 83.3 cm³/mol. The summed E-state index contributed by atoms with van der Waals surface area (Å²) < 4.78 is 5.97. The van der Waals surface area contributed by atoms with E-state index in [4.69, 9.17) is 4.74 Å². The number of hydrogen-bond acceptors (Lipinski definition) is 5. The van der Waals surface area contributed by atoms with E-state index < -0.39 is 4.92 Å². The van der Waals surface area contributed by atoms with Crippen LogP contribution in [0.2, 0.25) is 0 Å². The average molecular weight is 352 g/mol. The highest BCUT2D eigenvalue weighted by atomic mass is 79.9. The van der Waals surface area contributed by atoms with Crippen LogP contribution in [0.1, 0.15) is 11.7 Å². The number of nitro groups is 1. The topological polar surface area (TPSA) is 77.3 Å². The Morgan fingerprint density at radius 3 is 2.76 bits per heavy atom. The van der Waals surface area contributed by atoms with Crippen LogP contribution in [0.25, 0.3) is 0 Å². The van der Waals surface area contributed by atoms with Crippen LogP contribution in [-0.4, -0.2) is 23.6 Å². The van der Waals surface area contributed by atoms with Gasteiger partial charge in [-0.05, 0) is 21.5 Å². The fourth-order valence-corrected chi connectivity index (χ4v) is 2.22. The Labute approximate surface area is 130 Å². The first-order valence-corrected chi connectivity index (χ1v) is 7.02. The van der Waals surface area contributed by atoms with E-state index in [9.17, 15) is 10.1 Å². The molecular weight excluding hydrogens is 338 g/mol. The normalized spacial score (nSPS) is 11.9. The van der Waals surface area contributed by atoms with Gasteiger partial charge in [0.15, 0.2) is 0 Å². The van der Waals surface area contributed by atoms with Crippen molar-refractivity contribution in [2.45, 2.75) is 6.10 Å². The van der Waals surface area contributed by atoms with Crippen LogP contribution in [0.4, 0.5) is 11.5 Å². The first-order valence-electron chi connectivity index (χ1n) is 6.23. The summed E-state index contributed by atoms with van der Waals surface area (Å²) in [6, 6.07) is 11.1. The Hall–Kier alpha value is -1.99. The number of nitrogens with one attached hydrogen (secondary N) is 1. The first-order chi connectivity index (χ1) is 10.1. The van der Waals surface area contributed by atoms with Crippen LogP contribution in [0.5, 0.6) is 0 Å². The second-order valence-corrected chi connectivity index (χ2v) is 5.21. The zero-order valence-corrected chi connectivity index (χ0v) is 12.9. The summed E-state index contributed by atoms with van der Waals surface area (Å²) in [6.45, 7) is 0.385. The number of benzene rings is 1. The fraction of sp³-hybridized carbons (Fsp3) is 0.214. The van der Waals surface area contributed by atoms with Gasteiger partial charge in [0.1, 0.15) is 0 Å². The van der Waals surface area contributed by atoms with E-state index >= 15 is 0 Å².